The van der Waals surface area contributed by atoms with Crippen LogP contribution in [0.1, 0.15) is 44.6 Å². The smallest absolute Gasteiger partial charge is 0.0224 e. The highest BCUT2D eigenvalue weighted by molar-refractivity contribution is 5.14. The minimum absolute atomic E-state index is 0.765. The molecule has 1 aromatic rings. The number of rotatable bonds is 7. The van der Waals surface area contributed by atoms with Gasteiger partial charge in [0.2, 0.25) is 0 Å². The molecule has 21 heavy (non-hydrogen) atoms. The van der Waals surface area contributed by atoms with Crippen LogP contribution in [0.5, 0.6) is 0 Å². The Bertz CT molecular complexity index is 413. The van der Waals surface area contributed by atoms with Gasteiger partial charge in [0, 0.05) is 25.2 Å². The fourth-order valence-electron chi connectivity index (χ4n) is 3.72. The molecule has 2 aliphatic rings. The third kappa shape index (κ3) is 4.31. The van der Waals surface area contributed by atoms with Crippen molar-refractivity contribution in [3.63, 3.8) is 0 Å². The van der Waals surface area contributed by atoms with Crippen LogP contribution in [0.4, 0.5) is 0 Å². The molecule has 1 N–H and O–H groups in total. The first kappa shape index (κ1) is 15.1. The Kier molecular flexibility index (Phi) is 5.32. The van der Waals surface area contributed by atoms with E-state index in [1.165, 1.54) is 63.7 Å². The van der Waals surface area contributed by atoms with Gasteiger partial charge in [-0.25, -0.2) is 0 Å². The van der Waals surface area contributed by atoms with E-state index in [4.69, 9.17) is 0 Å². The van der Waals surface area contributed by atoms with E-state index in [0.29, 0.717) is 0 Å². The number of hydrogen-bond acceptors (Lipinski definition) is 2. The third-order valence-corrected chi connectivity index (χ3v) is 5.13. The minimum atomic E-state index is 0.765. The molecule has 1 aromatic carbocycles. The van der Waals surface area contributed by atoms with Gasteiger partial charge in [0.05, 0.1) is 0 Å². The molecule has 2 heteroatoms. The lowest BCUT2D eigenvalue weighted by Crippen LogP contribution is -2.57. The maximum absolute atomic E-state index is 3.81. The predicted molar refractivity (Wildman–Crippen MR) is 89.5 cm³/mol. The fraction of sp³-hybridized carbons (Fsp3) is 0.684. The summed E-state index contributed by atoms with van der Waals surface area (Å²) in [7, 11) is 0. The summed E-state index contributed by atoms with van der Waals surface area (Å²) in [6.45, 7) is 6.07. The first-order valence-electron chi connectivity index (χ1n) is 8.88. The van der Waals surface area contributed by atoms with Gasteiger partial charge < -0.3 is 5.32 Å². The predicted octanol–water partition coefficient (Wildman–Crippen LogP) is 3.47. The van der Waals surface area contributed by atoms with Gasteiger partial charge in [0.15, 0.2) is 0 Å². The molecule has 0 amide bonds. The van der Waals surface area contributed by atoms with Crippen LogP contribution in [0.15, 0.2) is 30.3 Å². The highest BCUT2D eigenvalue weighted by Gasteiger charge is 2.36. The van der Waals surface area contributed by atoms with Gasteiger partial charge in [0.25, 0.3) is 0 Å². The van der Waals surface area contributed by atoms with Gasteiger partial charge in [-0.15, -0.1) is 0 Å². The molecule has 2 nitrogen and oxygen atoms in total. The topological polar surface area (TPSA) is 15.3 Å². The summed E-state index contributed by atoms with van der Waals surface area (Å²) < 4.78 is 0. The summed E-state index contributed by atoms with van der Waals surface area (Å²) in [5.74, 6) is 0.976. The van der Waals surface area contributed by atoms with Crippen LogP contribution in [0, 0.1) is 5.92 Å². The monoisotopic (exact) mass is 286 g/mol. The number of nitrogens with zero attached hydrogens (tertiary/aromatic N) is 1. The number of hydrogen-bond donors (Lipinski definition) is 1. The van der Waals surface area contributed by atoms with Crippen LogP contribution >= 0.6 is 0 Å². The van der Waals surface area contributed by atoms with Crippen LogP contribution in [0.2, 0.25) is 0 Å². The zero-order valence-corrected chi connectivity index (χ0v) is 13.4. The Morgan fingerprint density at radius 3 is 2.71 bits per heavy atom. The summed E-state index contributed by atoms with van der Waals surface area (Å²) in [6, 6.07) is 12.5. The molecule has 1 aliphatic heterocycles. The number of benzene rings is 1. The summed E-state index contributed by atoms with van der Waals surface area (Å²) in [6.07, 6.45) is 8.06. The second-order valence-electron chi connectivity index (χ2n) is 6.88. The molecular weight excluding hydrogens is 256 g/mol. The number of piperazine rings is 1. The van der Waals surface area contributed by atoms with E-state index in [9.17, 15) is 0 Å². The summed E-state index contributed by atoms with van der Waals surface area (Å²) in [4.78, 5) is 2.78. The van der Waals surface area contributed by atoms with Crippen LogP contribution in [0.25, 0.3) is 0 Å². The molecule has 1 aliphatic carbocycles. The SMILES string of the molecule is CCCC1CNC(C2CC2)CN1CCCc1ccccc1. The number of aryl methyl sites for hydroxylation is 1. The quantitative estimate of drug-likeness (QED) is 0.825. The maximum atomic E-state index is 3.81. The van der Waals surface area contributed by atoms with Gasteiger partial charge in [-0.05, 0) is 50.1 Å². The van der Waals surface area contributed by atoms with Crippen molar-refractivity contribution in [3.05, 3.63) is 35.9 Å². The lowest BCUT2D eigenvalue weighted by molar-refractivity contribution is 0.114. The van der Waals surface area contributed by atoms with Gasteiger partial charge in [0.1, 0.15) is 0 Å². The maximum Gasteiger partial charge on any atom is 0.0224 e. The average Bonchev–Trinajstić information content (AvgIpc) is 3.35. The van der Waals surface area contributed by atoms with Gasteiger partial charge in [-0.2, -0.15) is 0 Å². The van der Waals surface area contributed by atoms with Crippen LogP contribution in [0.3, 0.4) is 0 Å². The molecule has 0 spiro atoms. The molecule has 0 radical (unpaired) electrons. The van der Waals surface area contributed by atoms with Crippen molar-refractivity contribution in [1.82, 2.24) is 10.2 Å². The van der Waals surface area contributed by atoms with Crippen molar-refractivity contribution in [3.8, 4) is 0 Å². The molecule has 2 atom stereocenters. The van der Waals surface area contributed by atoms with Gasteiger partial charge in [-0.1, -0.05) is 43.7 Å². The van der Waals surface area contributed by atoms with Crippen molar-refractivity contribution in [2.45, 2.75) is 57.5 Å². The van der Waals surface area contributed by atoms with Crippen molar-refractivity contribution < 1.29 is 0 Å². The molecule has 3 rings (SSSR count). The zero-order chi connectivity index (χ0) is 14.5. The summed E-state index contributed by atoms with van der Waals surface area (Å²) in [5.41, 5.74) is 1.48. The Morgan fingerprint density at radius 1 is 1.19 bits per heavy atom. The molecule has 1 saturated heterocycles. The molecule has 116 valence electrons. The Hall–Kier alpha value is -0.860. The second-order valence-corrected chi connectivity index (χ2v) is 6.88. The Balaban J connectivity index is 1.49. The van der Waals surface area contributed by atoms with Crippen LogP contribution in [-0.2, 0) is 6.42 Å². The van der Waals surface area contributed by atoms with Gasteiger partial charge in [-0.3, -0.25) is 4.90 Å². The van der Waals surface area contributed by atoms with E-state index < -0.39 is 0 Å². The van der Waals surface area contributed by atoms with Crippen LogP contribution < -0.4 is 5.32 Å². The van der Waals surface area contributed by atoms with E-state index >= 15 is 0 Å². The Morgan fingerprint density at radius 2 is 2.00 bits per heavy atom. The third-order valence-electron chi connectivity index (χ3n) is 5.13. The molecule has 0 aromatic heterocycles. The molecular formula is C19H30N2. The molecule has 2 unspecified atom stereocenters. The Labute approximate surface area is 129 Å². The zero-order valence-electron chi connectivity index (χ0n) is 13.4. The lowest BCUT2D eigenvalue weighted by Gasteiger charge is -2.41. The highest BCUT2D eigenvalue weighted by Crippen LogP contribution is 2.34. The molecule has 2 fully saturated rings. The van der Waals surface area contributed by atoms with Crippen molar-refractivity contribution in [2.75, 3.05) is 19.6 Å². The summed E-state index contributed by atoms with van der Waals surface area (Å²) in [5, 5.41) is 3.81. The second kappa shape index (κ2) is 7.42. The van der Waals surface area contributed by atoms with E-state index in [0.717, 1.165) is 18.0 Å². The van der Waals surface area contributed by atoms with E-state index in [1.807, 2.05) is 0 Å². The van der Waals surface area contributed by atoms with E-state index in [-0.39, 0.29) is 0 Å². The first-order chi connectivity index (χ1) is 10.4. The lowest BCUT2D eigenvalue weighted by atomic mass is 10.0. The molecule has 1 saturated carbocycles. The van der Waals surface area contributed by atoms with Gasteiger partial charge >= 0.3 is 0 Å². The van der Waals surface area contributed by atoms with Crippen molar-refractivity contribution in [2.24, 2.45) is 5.92 Å². The summed E-state index contributed by atoms with van der Waals surface area (Å²) >= 11 is 0. The largest absolute Gasteiger partial charge is 0.311 e. The van der Waals surface area contributed by atoms with E-state index in [2.05, 4.69) is 47.5 Å². The first-order valence-corrected chi connectivity index (χ1v) is 8.88. The van der Waals surface area contributed by atoms with Crippen molar-refractivity contribution >= 4 is 0 Å². The van der Waals surface area contributed by atoms with Crippen molar-refractivity contribution in [1.29, 1.82) is 0 Å². The van der Waals surface area contributed by atoms with Crippen LogP contribution in [-0.4, -0.2) is 36.6 Å². The van der Waals surface area contributed by atoms with E-state index in [1.54, 1.807) is 0 Å². The number of nitrogens with one attached hydrogen (secondary N) is 1. The molecule has 1 heterocycles. The average molecular weight is 286 g/mol. The minimum Gasteiger partial charge on any atom is -0.311 e. The normalized spacial score (nSPS) is 26.9. The standard InChI is InChI=1S/C19H30N2/c1-2-7-18-14-20-19(17-11-12-17)15-21(18)13-6-10-16-8-4-3-5-9-16/h3-5,8-9,17-20H,2,6-7,10-15H2,1H3. The highest BCUT2D eigenvalue weighted by atomic mass is 15.2. The molecule has 0 bridgehead atoms. The fourth-order valence-corrected chi connectivity index (χ4v) is 3.72.